The highest BCUT2D eigenvalue weighted by atomic mass is 35.5. The van der Waals surface area contributed by atoms with E-state index >= 15 is 0 Å². The second-order valence-corrected chi connectivity index (χ2v) is 5.33. The number of hydrogen-bond donors (Lipinski definition) is 3. The highest BCUT2D eigenvalue weighted by molar-refractivity contribution is 6.33. The highest BCUT2D eigenvalue weighted by Crippen LogP contribution is 2.42. The molecule has 102 valence electrons. The third-order valence-electron chi connectivity index (χ3n) is 3.68. The van der Waals surface area contributed by atoms with Crippen LogP contribution in [0.4, 0.5) is 17.5 Å². The van der Waals surface area contributed by atoms with Crippen molar-refractivity contribution in [1.82, 2.24) is 9.97 Å². The molecule has 0 bridgehead atoms. The zero-order valence-corrected chi connectivity index (χ0v) is 11.2. The molecule has 1 saturated carbocycles. The molecule has 1 aromatic rings. The van der Waals surface area contributed by atoms with E-state index in [-0.39, 0.29) is 18.1 Å². The van der Waals surface area contributed by atoms with E-state index < -0.39 is 0 Å². The summed E-state index contributed by atoms with van der Waals surface area (Å²) in [6.07, 6.45) is 3.17. The minimum absolute atomic E-state index is 0.154. The molecule has 0 radical (unpaired) electrons. The fourth-order valence-corrected chi connectivity index (χ4v) is 2.98. The minimum atomic E-state index is -0.196. The molecule has 1 aromatic heterocycles. The van der Waals surface area contributed by atoms with Crippen LogP contribution >= 0.6 is 11.6 Å². The number of nitrogens with zero attached hydrogens (tertiary/aromatic N) is 3. The van der Waals surface area contributed by atoms with E-state index in [1.807, 2.05) is 4.90 Å². The number of hydrogen-bond acceptors (Lipinski definition) is 6. The fraction of sp³-hybridized carbons (Fsp3) is 0.500. The molecular weight excluding hydrogens is 266 g/mol. The largest absolute Gasteiger partial charge is 0.393 e. The number of nitrogen functional groups attached to an aromatic ring is 1. The molecule has 2 heterocycles. The van der Waals surface area contributed by atoms with Crippen LogP contribution in [-0.4, -0.2) is 27.2 Å². The lowest BCUT2D eigenvalue weighted by Gasteiger charge is -2.33. The van der Waals surface area contributed by atoms with Gasteiger partial charge in [0.25, 0.3) is 0 Å². The molecule has 2 aliphatic rings. The second kappa shape index (κ2) is 4.54. The highest BCUT2D eigenvalue weighted by Gasteiger charge is 2.34. The zero-order chi connectivity index (χ0) is 13.6. The number of fused-ring (bicyclic) bond motifs is 1. The molecule has 0 aromatic carbocycles. The Morgan fingerprint density at radius 2 is 2.00 bits per heavy atom. The van der Waals surface area contributed by atoms with Gasteiger partial charge in [-0.25, -0.2) is 0 Å². The predicted molar refractivity (Wildman–Crippen MR) is 75.0 cm³/mol. The monoisotopic (exact) mass is 281 g/mol. The normalized spacial score (nSPS) is 26.2. The van der Waals surface area contributed by atoms with Gasteiger partial charge in [-0.05, 0) is 25.7 Å². The van der Waals surface area contributed by atoms with Crippen molar-refractivity contribution in [3.8, 4) is 0 Å². The maximum absolute atomic E-state index is 9.60. The lowest BCUT2D eigenvalue weighted by Crippen LogP contribution is -2.37. The Kier molecular flexibility index (Phi) is 2.99. The lowest BCUT2D eigenvalue weighted by molar-refractivity contribution is 0.123. The molecule has 0 amide bonds. The van der Waals surface area contributed by atoms with Crippen molar-refractivity contribution in [2.45, 2.75) is 37.8 Å². The van der Waals surface area contributed by atoms with E-state index in [4.69, 9.17) is 17.3 Å². The molecule has 0 saturated heterocycles. The molecule has 0 atom stereocenters. The summed E-state index contributed by atoms with van der Waals surface area (Å²) in [6, 6.07) is 0.259. The molecular formula is C12H16ClN5O. The van der Waals surface area contributed by atoms with Gasteiger partial charge in [0.2, 0.25) is 5.95 Å². The molecule has 1 aliphatic heterocycles. The van der Waals surface area contributed by atoms with Gasteiger partial charge in [0.1, 0.15) is 11.5 Å². The Bertz CT molecular complexity index is 527. The molecule has 0 unspecified atom stereocenters. The maximum atomic E-state index is 9.60. The molecule has 4 N–H and O–H groups in total. The van der Waals surface area contributed by atoms with Crippen molar-refractivity contribution in [1.29, 1.82) is 0 Å². The van der Waals surface area contributed by atoms with Crippen LogP contribution in [0.15, 0.2) is 12.4 Å². The number of aromatic nitrogens is 2. The van der Waals surface area contributed by atoms with Gasteiger partial charge in [-0.15, -0.1) is 0 Å². The van der Waals surface area contributed by atoms with Gasteiger partial charge in [0.05, 0.1) is 6.10 Å². The number of rotatable bonds is 1. The van der Waals surface area contributed by atoms with E-state index in [1.165, 1.54) is 0 Å². The van der Waals surface area contributed by atoms with Crippen molar-refractivity contribution in [3.05, 3.63) is 17.6 Å². The van der Waals surface area contributed by atoms with Crippen molar-refractivity contribution >= 4 is 29.1 Å². The van der Waals surface area contributed by atoms with Gasteiger partial charge in [-0.2, -0.15) is 9.97 Å². The van der Waals surface area contributed by atoms with Crippen LogP contribution in [0, 0.1) is 0 Å². The standard InChI is InChI=1S/C12H16ClN5O/c1-6-15-9-10(13)16-12(14)17-11(9)18(6)7-2-4-8(19)5-3-7/h7-8,15,19H,1-5H2,(H2,14,16,17). The molecule has 19 heavy (non-hydrogen) atoms. The van der Waals surface area contributed by atoms with Crippen LogP contribution in [0.3, 0.4) is 0 Å². The number of nitrogens with two attached hydrogens (primary N) is 1. The third-order valence-corrected chi connectivity index (χ3v) is 3.96. The van der Waals surface area contributed by atoms with Crippen LogP contribution in [0.5, 0.6) is 0 Å². The molecule has 1 aliphatic carbocycles. The molecule has 3 rings (SSSR count). The number of aliphatic hydroxyl groups excluding tert-OH is 1. The molecule has 6 nitrogen and oxygen atoms in total. The van der Waals surface area contributed by atoms with Crippen LogP contribution in [-0.2, 0) is 0 Å². The second-order valence-electron chi connectivity index (χ2n) is 4.98. The zero-order valence-electron chi connectivity index (χ0n) is 10.4. The lowest BCUT2D eigenvalue weighted by atomic mass is 9.92. The van der Waals surface area contributed by atoms with Crippen LogP contribution in [0.25, 0.3) is 0 Å². The summed E-state index contributed by atoms with van der Waals surface area (Å²) < 4.78 is 0. The first kappa shape index (κ1) is 12.5. The topological polar surface area (TPSA) is 87.3 Å². The smallest absolute Gasteiger partial charge is 0.223 e. The quantitative estimate of drug-likeness (QED) is 0.680. The van der Waals surface area contributed by atoms with Crippen LogP contribution < -0.4 is 16.0 Å². The van der Waals surface area contributed by atoms with Crippen molar-refractivity contribution < 1.29 is 5.11 Å². The number of anilines is 3. The Balaban J connectivity index is 1.94. The van der Waals surface area contributed by atoms with E-state index in [1.54, 1.807) is 0 Å². The average Bonchev–Trinajstić information content (AvgIpc) is 2.67. The first-order chi connectivity index (χ1) is 9.06. The predicted octanol–water partition coefficient (Wildman–Crippen LogP) is 1.72. The van der Waals surface area contributed by atoms with Crippen LogP contribution in [0.2, 0.25) is 5.15 Å². The summed E-state index contributed by atoms with van der Waals surface area (Å²) in [5, 5.41) is 13.0. The van der Waals surface area contributed by atoms with Crippen molar-refractivity contribution in [2.75, 3.05) is 16.0 Å². The fourth-order valence-electron chi connectivity index (χ4n) is 2.76. The number of aliphatic hydroxyl groups is 1. The van der Waals surface area contributed by atoms with E-state index in [9.17, 15) is 5.11 Å². The first-order valence-electron chi connectivity index (χ1n) is 6.32. The average molecular weight is 282 g/mol. The summed E-state index contributed by atoms with van der Waals surface area (Å²) in [5.41, 5.74) is 6.32. The van der Waals surface area contributed by atoms with Crippen LogP contribution in [0.1, 0.15) is 25.7 Å². The Morgan fingerprint density at radius 3 is 2.68 bits per heavy atom. The Hall–Kier alpha value is -1.53. The summed E-state index contributed by atoms with van der Waals surface area (Å²) in [5.74, 6) is 1.57. The Labute approximate surface area is 116 Å². The van der Waals surface area contributed by atoms with Gasteiger partial charge < -0.3 is 21.1 Å². The number of halogens is 1. The summed E-state index contributed by atoms with van der Waals surface area (Å²) in [4.78, 5) is 10.2. The van der Waals surface area contributed by atoms with Gasteiger partial charge in [0, 0.05) is 6.04 Å². The molecule has 7 heteroatoms. The van der Waals surface area contributed by atoms with Gasteiger partial charge in [-0.3, -0.25) is 0 Å². The molecule has 0 spiro atoms. The van der Waals surface area contributed by atoms with E-state index in [0.29, 0.717) is 16.7 Å². The van der Waals surface area contributed by atoms with E-state index in [2.05, 4.69) is 21.9 Å². The van der Waals surface area contributed by atoms with Gasteiger partial charge in [0.15, 0.2) is 11.0 Å². The summed E-state index contributed by atoms with van der Waals surface area (Å²) in [7, 11) is 0. The van der Waals surface area contributed by atoms with E-state index in [0.717, 1.165) is 31.5 Å². The summed E-state index contributed by atoms with van der Waals surface area (Å²) in [6.45, 7) is 4.00. The third kappa shape index (κ3) is 2.11. The number of nitrogens with one attached hydrogen (secondary N) is 1. The van der Waals surface area contributed by atoms with Gasteiger partial charge in [-0.1, -0.05) is 18.2 Å². The first-order valence-corrected chi connectivity index (χ1v) is 6.70. The van der Waals surface area contributed by atoms with Crippen molar-refractivity contribution in [2.24, 2.45) is 0 Å². The maximum Gasteiger partial charge on any atom is 0.223 e. The minimum Gasteiger partial charge on any atom is -0.393 e. The van der Waals surface area contributed by atoms with Gasteiger partial charge >= 0.3 is 0 Å². The Morgan fingerprint density at radius 1 is 1.32 bits per heavy atom. The van der Waals surface area contributed by atoms with Crippen molar-refractivity contribution in [3.63, 3.8) is 0 Å². The molecule has 1 fully saturated rings. The SMILES string of the molecule is C=C1Nc2c(Cl)nc(N)nc2N1C1CCC(O)CC1. The summed E-state index contributed by atoms with van der Waals surface area (Å²) >= 11 is 6.07.